The lowest BCUT2D eigenvalue weighted by molar-refractivity contribution is -0.122. The summed E-state index contributed by atoms with van der Waals surface area (Å²) < 4.78 is 22.4. The van der Waals surface area contributed by atoms with Gasteiger partial charge < -0.3 is 10.6 Å². The van der Waals surface area contributed by atoms with Gasteiger partial charge in [0, 0.05) is 38.5 Å². The van der Waals surface area contributed by atoms with Crippen LogP contribution in [0, 0.1) is 0 Å². The Balaban J connectivity index is 2.28. The number of hydrogen-bond donors (Lipinski definition) is 2. The summed E-state index contributed by atoms with van der Waals surface area (Å²) in [7, 11) is -1.29. The zero-order chi connectivity index (χ0) is 14.5. The Morgan fingerprint density at radius 1 is 1.37 bits per heavy atom. The molecule has 0 aromatic heterocycles. The molecule has 1 fully saturated rings. The van der Waals surface area contributed by atoms with Gasteiger partial charge in [-0.1, -0.05) is 0 Å². The van der Waals surface area contributed by atoms with Crippen molar-refractivity contribution in [2.45, 2.75) is 31.8 Å². The van der Waals surface area contributed by atoms with Crippen LogP contribution in [-0.2, 0) is 14.6 Å². The first-order valence-corrected chi connectivity index (χ1v) is 8.73. The molecule has 2 N–H and O–H groups in total. The van der Waals surface area contributed by atoms with Crippen LogP contribution < -0.4 is 10.6 Å². The summed E-state index contributed by atoms with van der Waals surface area (Å²) >= 11 is 0. The molecule has 0 bridgehead atoms. The molecule has 1 amide bonds. The number of sulfone groups is 1. The molecule has 1 aliphatic rings. The first kappa shape index (κ1) is 16.4. The Morgan fingerprint density at radius 2 is 1.95 bits per heavy atom. The van der Waals surface area contributed by atoms with Crippen molar-refractivity contribution in [2.75, 3.05) is 38.7 Å². The lowest BCUT2D eigenvalue weighted by Crippen LogP contribution is -2.48. The van der Waals surface area contributed by atoms with Crippen LogP contribution in [-0.4, -0.2) is 70.0 Å². The van der Waals surface area contributed by atoms with Gasteiger partial charge >= 0.3 is 0 Å². The average molecular weight is 291 g/mol. The molecule has 112 valence electrons. The Labute approximate surface area is 115 Å². The maximum atomic E-state index is 11.3. The number of piperidine rings is 1. The fourth-order valence-corrected chi connectivity index (χ4v) is 3.45. The fourth-order valence-electron chi connectivity index (χ4n) is 2.44. The summed E-state index contributed by atoms with van der Waals surface area (Å²) in [5, 5.41) is 5.98. The van der Waals surface area contributed by atoms with Gasteiger partial charge in [-0.2, -0.15) is 0 Å². The number of carbonyl (C=O) groups is 1. The molecule has 0 aliphatic carbocycles. The van der Waals surface area contributed by atoms with Crippen molar-refractivity contribution in [3.8, 4) is 0 Å². The van der Waals surface area contributed by atoms with E-state index < -0.39 is 9.84 Å². The molecule has 0 aromatic carbocycles. The molecule has 0 spiro atoms. The largest absolute Gasteiger partial charge is 0.358 e. The number of hydrogen-bond acceptors (Lipinski definition) is 5. The molecule has 6 nitrogen and oxygen atoms in total. The zero-order valence-electron chi connectivity index (χ0n) is 12.0. The maximum absolute atomic E-state index is 11.3. The minimum absolute atomic E-state index is 0.0227. The van der Waals surface area contributed by atoms with E-state index in [1.54, 1.807) is 7.05 Å². The molecule has 0 saturated carbocycles. The van der Waals surface area contributed by atoms with E-state index in [4.69, 9.17) is 0 Å². The second kappa shape index (κ2) is 7.21. The number of nitrogens with zero attached hydrogens (tertiary/aromatic N) is 1. The predicted molar refractivity (Wildman–Crippen MR) is 75.8 cm³/mol. The molecule has 1 atom stereocenters. The number of nitrogens with one attached hydrogen (secondary N) is 2. The molecule has 1 rings (SSSR count). The zero-order valence-corrected chi connectivity index (χ0v) is 12.8. The second-order valence-electron chi connectivity index (χ2n) is 5.38. The van der Waals surface area contributed by atoms with Gasteiger partial charge in [-0.05, 0) is 19.8 Å². The van der Waals surface area contributed by atoms with Crippen molar-refractivity contribution >= 4 is 15.7 Å². The number of carbonyl (C=O) groups excluding carboxylic acids is 1. The maximum Gasteiger partial charge on any atom is 0.233 e. The molecule has 7 heteroatoms. The van der Waals surface area contributed by atoms with Crippen molar-refractivity contribution in [3.63, 3.8) is 0 Å². The smallest absolute Gasteiger partial charge is 0.233 e. The van der Waals surface area contributed by atoms with Crippen LogP contribution in [0.2, 0.25) is 0 Å². The predicted octanol–water partition coefficient (Wildman–Crippen LogP) is -0.780. The highest BCUT2D eigenvalue weighted by Crippen LogP contribution is 2.10. The van der Waals surface area contributed by atoms with Crippen LogP contribution in [0.5, 0.6) is 0 Å². The highest BCUT2D eigenvalue weighted by atomic mass is 32.2. The Hall–Kier alpha value is -0.660. The summed E-state index contributed by atoms with van der Waals surface area (Å²) in [5.41, 5.74) is 0. The van der Waals surface area contributed by atoms with Crippen LogP contribution in [0.4, 0.5) is 0 Å². The van der Waals surface area contributed by atoms with Crippen molar-refractivity contribution in [3.05, 3.63) is 0 Å². The Bertz CT molecular complexity index is 389. The van der Waals surface area contributed by atoms with Crippen LogP contribution in [0.3, 0.4) is 0 Å². The van der Waals surface area contributed by atoms with Crippen molar-refractivity contribution in [2.24, 2.45) is 0 Å². The first-order valence-electron chi connectivity index (χ1n) is 6.67. The Kier molecular flexibility index (Phi) is 6.22. The minimum Gasteiger partial charge on any atom is -0.358 e. The second-order valence-corrected chi connectivity index (χ2v) is 7.57. The number of likely N-dealkylation sites (tertiary alicyclic amines) is 1. The van der Waals surface area contributed by atoms with E-state index in [2.05, 4.69) is 15.5 Å². The van der Waals surface area contributed by atoms with Gasteiger partial charge in [0.05, 0.1) is 12.3 Å². The number of rotatable bonds is 6. The first-order chi connectivity index (χ1) is 8.80. The quantitative estimate of drug-likeness (QED) is 0.671. The van der Waals surface area contributed by atoms with Crippen LogP contribution in [0.1, 0.15) is 19.8 Å². The van der Waals surface area contributed by atoms with E-state index in [0.29, 0.717) is 12.6 Å². The monoisotopic (exact) mass is 291 g/mol. The SMILES string of the molecule is CNC(=O)CN1CCC(NC(C)CS(C)(=O)=O)CC1. The minimum atomic E-state index is -2.93. The van der Waals surface area contributed by atoms with Crippen molar-refractivity contribution in [1.82, 2.24) is 15.5 Å². The number of amides is 1. The van der Waals surface area contributed by atoms with Gasteiger partial charge in [-0.25, -0.2) is 8.42 Å². The average Bonchev–Trinajstić information content (AvgIpc) is 2.29. The van der Waals surface area contributed by atoms with Crippen molar-refractivity contribution < 1.29 is 13.2 Å². The standard InChI is InChI=1S/C12H25N3O3S/c1-10(9-19(3,17)18)14-11-4-6-15(7-5-11)8-12(16)13-2/h10-11,14H,4-9H2,1-3H3,(H,13,16). The number of likely N-dealkylation sites (N-methyl/N-ethyl adjacent to an activating group) is 1. The lowest BCUT2D eigenvalue weighted by atomic mass is 10.0. The van der Waals surface area contributed by atoms with E-state index in [1.165, 1.54) is 6.26 Å². The summed E-state index contributed by atoms with van der Waals surface area (Å²) in [4.78, 5) is 13.4. The summed E-state index contributed by atoms with van der Waals surface area (Å²) in [5.74, 6) is 0.211. The Morgan fingerprint density at radius 3 is 2.42 bits per heavy atom. The van der Waals surface area contributed by atoms with Gasteiger partial charge in [0.1, 0.15) is 9.84 Å². The third kappa shape index (κ3) is 6.89. The van der Waals surface area contributed by atoms with E-state index in [0.717, 1.165) is 25.9 Å². The normalized spacial score (nSPS) is 20.2. The van der Waals surface area contributed by atoms with Crippen LogP contribution in [0.15, 0.2) is 0 Å². The van der Waals surface area contributed by atoms with Gasteiger partial charge in [0.2, 0.25) is 5.91 Å². The molecule has 1 heterocycles. The van der Waals surface area contributed by atoms with Crippen LogP contribution >= 0.6 is 0 Å². The molecule has 0 aromatic rings. The summed E-state index contributed by atoms with van der Waals surface area (Å²) in [6.07, 6.45) is 3.16. The molecule has 0 radical (unpaired) electrons. The summed E-state index contributed by atoms with van der Waals surface area (Å²) in [6.45, 7) is 4.09. The van der Waals surface area contributed by atoms with E-state index in [-0.39, 0.29) is 17.7 Å². The highest BCUT2D eigenvalue weighted by Gasteiger charge is 2.22. The van der Waals surface area contributed by atoms with Gasteiger partial charge in [0.25, 0.3) is 0 Å². The third-order valence-electron chi connectivity index (χ3n) is 3.31. The van der Waals surface area contributed by atoms with Gasteiger partial charge in [-0.15, -0.1) is 0 Å². The summed E-state index contributed by atoms with van der Waals surface area (Å²) in [6, 6.07) is 0.322. The van der Waals surface area contributed by atoms with E-state index >= 15 is 0 Å². The molecule has 19 heavy (non-hydrogen) atoms. The van der Waals surface area contributed by atoms with Gasteiger partial charge in [0.15, 0.2) is 0 Å². The molecule has 1 saturated heterocycles. The molecule has 1 aliphatic heterocycles. The van der Waals surface area contributed by atoms with Crippen molar-refractivity contribution in [1.29, 1.82) is 0 Å². The highest BCUT2D eigenvalue weighted by molar-refractivity contribution is 7.90. The van der Waals surface area contributed by atoms with Gasteiger partial charge in [-0.3, -0.25) is 9.69 Å². The molecule has 1 unspecified atom stereocenters. The fraction of sp³-hybridized carbons (Fsp3) is 0.917. The third-order valence-corrected chi connectivity index (χ3v) is 4.41. The van der Waals surface area contributed by atoms with E-state index in [1.807, 2.05) is 6.92 Å². The van der Waals surface area contributed by atoms with Crippen LogP contribution in [0.25, 0.3) is 0 Å². The lowest BCUT2D eigenvalue weighted by Gasteiger charge is -2.33. The molecular weight excluding hydrogens is 266 g/mol. The molecular formula is C12H25N3O3S. The topological polar surface area (TPSA) is 78.5 Å². The van der Waals surface area contributed by atoms with E-state index in [9.17, 15) is 13.2 Å².